The van der Waals surface area contributed by atoms with E-state index < -0.39 is 18.1 Å². The van der Waals surface area contributed by atoms with Gasteiger partial charge in [0.25, 0.3) is 0 Å². The smallest absolute Gasteiger partial charge is 0.306 e. The molecule has 2 atom stereocenters. The number of carboxylic acid groups (broad SMARTS) is 1. The molecule has 0 saturated carbocycles. The minimum atomic E-state index is -1.14. The van der Waals surface area contributed by atoms with Gasteiger partial charge in [0.2, 0.25) is 0 Å². The van der Waals surface area contributed by atoms with E-state index in [0.29, 0.717) is 12.8 Å². The molecule has 2 unspecified atom stereocenters. The van der Waals surface area contributed by atoms with Crippen LogP contribution in [0.3, 0.4) is 0 Å². The van der Waals surface area contributed by atoms with Crippen molar-refractivity contribution in [2.45, 2.75) is 154 Å². The lowest BCUT2D eigenvalue weighted by atomic mass is 10.1. The minimum Gasteiger partial charge on any atom is -0.544 e. The number of rotatable bonds is 34. The fourth-order valence-electron chi connectivity index (χ4n) is 5.22. The second-order valence-electron chi connectivity index (χ2n) is 14.2. The minimum absolute atomic E-state index is 0.0164. The highest BCUT2D eigenvalue weighted by Crippen LogP contribution is 2.11. The van der Waals surface area contributed by atoms with Crippen LogP contribution < -0.4 is 5.11 Å². The van der Waals surface area contributed by atoms with Crippen LogP contribution in [-0.2, 0) is 28.6 Å². The third-order valence-electron chi connectivity index (χ3n) is 8.38. The zero-order chi connectivity index (χ0) is 37.8. The predicted molar refractivity (Wildman–Crippen MR) is 208 cm³/mol. The van der Waals surface area contributed by atoms with Crippen LogP contribution in [0.25, 0.3) is 0 Å². The second kappa shape index (κ2) is 34.1. The first-order valence-corrected chi connectivity index (χ1v) is 19.8. The molecule has 0 aromatic heterocycles. The number of hydrogen-bond acceptors (Lipinski definition) is 7. The third-order valence-corrected chi connectivity index (χ3v) is 8.38. The van der Waals surface area contributed by atoms with Crippen molar-refractivity contribution in [3.8, 4) is 0 Å². The molecule has 51 heavy (non-hydrogen) atoms. The number of unbranched alkanes of at least 4 members (excludes halogenated alkanes) is 10. The Balaban J connectivity index is 4.50. The summed E-state index contributed by atoms with van der Waals surface area (Å²) < 4.78 is 17.0. The molecule has 0 spiro atoms. The van der Waals surface area contributed by atoms with Crippen molar-refractivity contribution in [1.29, 1.82) is 0 Å². The summed E-state index contributed by atoms with van der Waals surface area (Å²) >= 11 is 0. The molecule has 0 aromatic carbocycles. The maximum absolute atomic E-state index is 12.6. The summed E-state index contributed by atoms with van der Waals surface area (Å²) in [6.45, 7) is 4.49. The normalized spacial score (nSPS) is 13.7. The highest BCUT2D eigenvalue weighted by Gasteiger charge is 2.25. The first kappa shape index (κ1) is 48.0. The molecule has 0 radical (unpaired) electrons. The van der Waals surface area contributed by atoms with Gasteiger partial charge in [-0.2, -0.15) is 0 Å². The number of hydrogen-bond donors (Lipinski definition) is 0. The molecule has 0 rings (SSSR count). The second-order valence-corrected chi connectivity index (χ2v) is 14.2. The highest BCUT2D eigenvalue weighted by molar-refractivity contribution is 5.70. The summed E-state index contributed by atoms with van der Waals surface area (Å²) in [6.07, 6.45) is 39.7. The van der Waals surface area contributed by atoms with Crippen LogP contribution >= 0.6 is 0 Å². The van der Waals surface area contributed by atoms with Crippen LogP contribution in [0.1, 0.15) is 142 Å². The van der Waals surface area contributed by atoms with Gasteiger partial charge in [-0.3, -0.25) is 9.59 Å². The molecule has 8 heteroatoms. The Morgan fingerprint density at radius 1 is 0.588 bits per heavy atom. The quantitative estimate of drug-likeness (QED) is 0.0284. The van der Waals surface area contributed by atoms with E-state index in [1.54, 1.807) is 21.1 Å². The standard InChI is InChI=1S/C43H73NO7/c1-6-8-10-12-14-16-18-19-20-21-22-23-24-26-27-29-31-33-41(45)50-38-39(37-49-36-35-40(43(47)48)44(3,4)5)51-42(46)34-32-30-28-25-17-15-13-11-9-7-2/h13-16,19-20,22-23,26-27,39-40H,6-12,17-18,21,24-25,28-38H2,1-5H3/b15-13+,16-14+,20-19+,23-22+,27-26+. The summed E-state index contributed by atoms with van der Waals surface area (Å²) in [5, 5.41) is 11.6. The molecular formula is C43H73NO7. The lowest BCUT2D eigenvalue weighted by Crippen LogP contribution is -2.55. The average molecular weight is 716 g/mol. The van der Waals surface area contributed by atoms with E-state index in [4.69, 9.17) is 14.2 Å². The van der Waals surface area contributed by atoms with Gasteiger partial charge >= 0.3 is 11.9 Å². The van der Waals surface area contributed by atoms with Crippen LogP contribution in [0.2, 0.25) is 0 Å². The van der Waals surface area contributed by atoms with E-state index in [2.05, 4.69) is 74.6 Å². The van der Waals surface area contributed by atoms with Gasteiger partial charge in [-0.25, -0.2) is 0 Å². The Hall–Kier alpha value is -2.97. The third kappa shape index (κ3) is 32.7. The lowest BCUT2D eigenvalue weighted by Gasteiger charge is -2.34. The molecular weight excluding hydrogens is 642 g/mol. The van der Waals surface area contributed by atoms with E-state index in [-0.39, 0.29) is 49.1 Å². The summed E-state index contributed by atoms with van der Waals surface area (Å²) in [7, 11) is 5.37. The van der Waals surface area contributed by atoms with Crippen LogP contribution in [0.4, 0.5) is 0 Å². The molecule has 0 bridgehead atoms. The van der Waals surface area contributed by atoms with Gasteiger partial charge in [0.05, 0.1) is 40.3 Å². The molecule has 0 aliphatic rings. The highest BCUT2D eigenvalue weighted by atomic mass is 16.6. The summed E-state index contributed by atoms with van der Waals surface area (Å²) in [5.74, 6) is -1.84. The number of nitrogens with zero attached hydrogens (tertiary/aromatic N) is 1. The van der Waals surface area contributed by atoms with Crippen LogP contribution in [0, 0.1) is 0 Å². The maximum atomic E-state index is 12.6. The van der Waals surface area contributed by atoms with Crippen LogP contribution in [0.5, 0.6) is 0 Å². The largest absolute Gasteiger partial charge is 0.544 e. The number of carbonyl (C=O) groups excluding carboxylic acids is 3. The van der Waals surface area contributed by atoms with Crippen molar-refractivity contribution < 1.29 is 38.2 Å². The Kier molecular flexibility index (Phi) is 32.1. The van der Waals surface area contributed by atoms with Crippen molar-refractivity contribution in [1.82, 2.24) is 0 Å². The Morgan fingerprint density at radius 2 is 1.08 bits per heavy atom. The SMILES string of the molecule is CCCC/C=C/CCCCCCC(=O)OC(COCCC(C(=O)[O-])[N+](C)(C)C)COC(=O)CCC/C=C/C/C=C/C/C=C/C/C=C/CCCCC. The summed E-state index contributed by atoms with van der Waals surface area (Å²) in [4.78, 5) is 36.6. The molecule has 0 fully saturated rings. The summed E-state index contributed by atoms with van der Waals surface area (Å²) in [6, 6.07) is -0.736. The van der Waals surface area contributed by atoms with Crippen molar-refractivity contribution in [2.75, 3.05) is 41.0 Å². The Morgan fingerprint density at radius 3 is 1.65 bits per heavy atom. The van der Waals surface area contributed by atoms with Crippen LogP contribution in [0.15, 0.2) is 60.8 Å². The predicted octanol–water partition coefficient (Wildman–Crippen LogP) is 8.91. The van der Waals surface area contributed by atoms with E-state index >= 15 is 0 Å². The first-order valence-electron chi connectivity index (χ1n) is 19.8. The Labute approximate surface area is 311 Å². The van der Waals surface area contributed by atoms with Crippen LogP contribution in [-0.4, -0.2) is 75.5 Å². The molecule has 0 amide bonds. The van der Waals surface area contributed by atoms with Crippen molar-refractivity contribution >= 4 is 17.9 Å². The zero-order valence-corrected chi connectivity index (χ0v) is 33.0. The van der Waals surface area contributed by atoms with Gasteiger partial charge in [0.15, 0.2) is 6.10 Å². The number of carboxylic acids is 1. The fourth-order valence-corrected chi connectivity index (χ4v) is 5.22. The maximum Gasteiger partial charge on any atom is 0.306 e. The molecule has 0 saturated heterocycles. The van der Waals surface area contributed by atoms with Gasteiger partial charge in [-0.1, -0.05) is 113 Å². The molecule has 0 aromatic rings. The van der Waals surface area contributed by atoms with Gasteiger partial charge in [-0.05, 0) is 70.6 Å². The number of quaternary nitrogens is 1. The fraction of sp³-hybridized carbons (Fsp3) is 0.698. The topological polar surface area (TPSA) is 102 Å². The van der Waals surface area contributed by atoms with Gasteiger partial charge < -0.3 is 28.6 Å². The monoisotopic (exact) mass is 716 g/mol. The van der Waals surface area contributed by atoms with Gasteiger partial charge in [0.1, 0.15) is 12.6 Å². The molecule has 0 aliphatic carbocycles. The van der Waals surface area contributed by atoms with Crippen molar-refractivity contribution in [3.63, 3.8) is 0 Å². The molecule has 0 N–H and O–H groups in total. The number of ether oxygens (including phenoxy) is 3. The van der Waals surface area contributed by atoms with Gasteiger partial charge in [-0.15, -0.1) is 0 Å². The molecule has 0 aliphatic heterocycles. The molecule has 8 nitrogen and oxygen atoms in total. The summed E-state index contributed by atoms with van der Waals surface area (Å²) in [5.41, 5.74) is 0. The zero-order valence-electron chi connectivity index (χ0n) is 33.0. The van der Waals surface area contributed by atoms with Crippen molar-refractivity contribution in [3.05, 3.63) is 60.8 Å². The van der Waals surface area contributed by atoms with Gasteiger partial charge in [0, 0.05) is 19.3 Å². The number of aliphatic carboxylic acids is 1. The van der Waals surface area contributed by atoms with E-state index in [1.165, 1.54) is 38.5 Å². The van der Waals surface area contributed by atoms with E-state index in [9.17, 15) is 19.5 Å². The molecule has 0 heterocycles. The van der Waals surface area contributed by atoms with E-state index in [1.807, 2.05) is 0 Å². The molecule has 292 valence electrons. The lowest BCUT2D eigenvalue weighted by molar-refractivity contribution is -0.889. The number of allylic oxidation sites excluding steroid dienone is 10. The number of carbonyl (C=O) groups is 3. The Bertz CT molecular complexity index is 1020. The van der Waals surface area contributed by atoms with E-state index in [0.717, 1.165) is 64.2 Å². The first-order chi connectivity index (χ1) is 24.6. The van der Waals surface area contributed by atoms with Crippen molar-refractivity contribution in [2.24, 2.45) is 0 Å². The number of likely N-dealkylation sites (N-methyl/N-ethyl adjacent to an activating group) is 1. The number of esters is 2. The average Bonchev–Trinajstić information content (AvgIpc) is 3.08.